The van der Waals surface area contributed by atoms with Crippen LogP contribution in [0.4, 0.5) is 0 Å². The van der Waals surface area contributed by atoms with Crippen LogP contribution in [0.15, 0.2) is 45.3 Å². The summed E-state index contributed by atoms with van der Waals surface area (Å²) in [7, 11) is 0. The highest BCUT2D eigenvalue weighted by Gasteiger charge is 2.05. The van der Waals surface area contributed by atoms with Crippen molar-refractivity contribution >= 4 is 39.4 Å². The summed E-state index contributed by atoms with van der Waals surface area (Å²) in [5.41, 5.74) is 3.04. The monoisotopic (exact) mass is 366 g/mol. The van der Waals surface area contributed by atoms with Crippen LogP contribution in [0.5, 0.6) is 5.75 Å². The van der Waals surface area contributed by atoms with Crippen LogP contribution in [0, 0.1) is 0 Å². The van der Waals surface area contributed by atoms with Gasteiger partial charge in [-0.3, -0.25) is 4.79 Å². The number of rotatable bonds is 5. The zero-order valence-corrected chi connectivity index (χ0v) is 14.1. The first kappa shape index (κ1) is 15.7. The molecule has 110 valence electrons. The van der Waals surface area contributed by atoms with Gasteiger partial charge in [0.25, 0.3) is 5.91 Å². The van der Waals surface area contributed by atoms with Gasteiger partial charge in [-0.25, -0.2) is 5.43 Å². The van der Waals surface area contributed by atoms with Crippen molar-refractivity contribution in [3.63, 3.8) is 0 Å². The number of carbonyl (C=O) groups is 1. The molecule has 0 aliphatic heterocycles. The molecule has 0 atom stereocenters. The van der Waals surface area contributed by atoms with Crippen LogP contribution < -0.4 is 10.2 Å². The number of hydrazone groups is 1. The summed E-state index contributed by atoms with van der Waals surface area (Å²) in [5, 5.41) is 3.94. The van der Waals surface area contributed by atoms with Crippen molar-refractivity contribution in [2.45, 2.75) is 20.0 Å². The maximum atomic E-state index is 11.9. The first-order chi connectivity index (χ1) is 10.0. The van der Waals surface area contributed by atoms with E-state index in [1.807, 2.05) is 26.0 Å². The average Bonchev–Trinajstić information content (AvgIpc) is 2.84. The number of nitrogens with zero attached hydrogens (tertiary/aromatic N) is 1. The Hall–Kier alpha value is -1.66. The van der Waals surface area contributed by atoms with E-state index in [4.69, 9.17) is 4.74 Å². The van der Waals surface area contributed by atoms with E-state index >= 15 is 0 Å². The van der Waals surface area contributed by atoms with E-state index in [9.17, 15) is 4.79 Å². The van der Waals surface area contributed by atoms with E-state index in [2.05, 4.69) is 26.5 Å². The lowest BCUT2D eigenvalue weighted by molar-refractivity contribution is 0.0955. The molecular weight excluding hydrogens is 352 g/mol. The summed E-state index contributed by atoms with van der Waals surface area (Å²) < 4.78 is 6.55. The molecule has 1 aromatic carbocycles. The van der Waals surface area contributed by atoms with Gasteiger partial charge >= 0.3 is 0 Å². The molecule has 0 radical (unpaired) electrons. The quantitative estimate of drug-likeness (QED) is 0.640. The standard InChI is InChI=1S/C15H15BrN2O2S/c1-10(2)20-12-5-3-11(4-6-12)15(19)18-17-9-13-7-8-14(16)21-13/h3-10H,1-2H3,(H,18,19)/b17-9-. The summed E-state index contributed by atoms with van der Waals surface area (Å²) in [6.07, 6.45) is 1.73. The first-order valence-corrected chi connectivity index (χ1v) is 8.01. The fourth-order valence-electron chi connectivity index (χ4n) is 1.57. The lowest BCUT2D eigenvalue weighted by Crippen LogP contribution is -2.17. The fraction of sp³-hybridized carbons (Fsp3) is 0.200. The Balaban J connectivity index is 1.92. The molecule has 0 fully saturated rings. The molecule has 0 bridgehead atoms. The lowest BCUT2D eigenvalue weighted by Gasteiger charge is -2.09. The Morgan fingerprint density at radius 2 is 2.00 bits per heavy atom. The van der Waals surface area contributed by atoms with E-state index in [1.54, 1.807) is 41.8 Å². The summed E-state index contributed by atoms with van der Waals surface area (Å²) >= 11 is 4.91. The number of carbonyl (C=O) groups excluding carboxylic acids is 1. The molecule has 21 heavy (non-hydrogen) atoms. The maximum absolute atomic E-state index is 11.9. The van der Waals surface area contributed by atoms with Crippen molar-refractivity contribution in [3.05, 3.63) is 50.6 Å². The molecule has 4 nitrogen and oxygen atoms in total. The summed E-state index contributed by atoms with van der Waals surface area (Å²) in [4.78, 5) is 12.9. The molecule has 0 spiro atoms. The minimum absolute atomic E-state index is 0.111. The summed E-state index contributed by atoms with van der Waals surface area (Å²) in [6, 6.07) is 10.8. The molecule has 2 rings (SSSR count). The van der Waals surface area contributed by atoms with Crippen molar-refractivity contribution in [3.8, 4) is 5.75 Å². The predicted molar refractivity (Wildman–Crippen MR) is 89.3 cm³/mol. The van der Waals surface area contributed by atoms with Crippen LogP contribution in [0.25, 0.3) is 0 Å². The number of thiophene rings is 1. The van der Waals surface area contributed by atoms with Crippen molar-refractivity contribution in [2.24, 2.45) is 5.10 Å². The van der Waals surface area contributed by atoms with Crippen molar-refractivity contribution in [1.29, 1.82) is 0 Å². The minimum atomic E-state index is -0.252. The first-order valence-electron chi connectivity index (χ1n) is 6.40. The summed E-state index contributed by atoms with van der Waals surface area (Å²) in [5.74, 6) is 0.492. The van der Waals surface area contributed by atoms with Gasteiger partial charge in [0.05, 0.1) is 16.1 Å². The van der Waals surface area contributed by atoms with Gasteiger partial charge in [0.1, 0.15) is 5.75 Å². The van der Waals surface area contributed by atoms with E-state index in [0.29, 0.717) is 5.56 Å². The molecule has 0 unspecified atom stereocenters. The third kappa shape index (κ3) is 4.99. The smallest absolute Gasteiger partial charge is 0.271 e. The second-order valence-corrected chi connectivity index (χ2v) is 7.03. The molecule has 6 heteroatoms. The molecule has 0 saturated carbocycles. The maximum Gasteiger partial charge on any atom is 0.271 e. The van der Waals surface area contributed by atoms with Crippen LogP contribution in [0.2, 0.25) is 0 Å². The van der Waals surface area contributed by atoms with E-state index in [0.717, 1.165) is 14.4 Å². The molecule has 1 heterocycles. The average molecular weight is 367 g/mol. The Morgan fingerprint density at radius 3 is 2.57 bits per heavy atom. The number of ether oxygens (including phenoxy) is 1. The number of hydrogen-bond donors (Lipinski definition) is 1. The van der Waals surface area contributed by atoms with Crippen molar-refractivity contribution in [1.82, 2.24) is 5.43 Å². The largest absolute Gasteiger partial charge is 0.491 e. The highest BCUT2D eigenvalue weighted by Crippen LogP contribution is 2.20. The Kier molecular flexibility index (Phi) is 5.52. The minimum Gasteiger partial charge on any atom is -0.491 e. The van der Waals surface area contributed by atoms with Gasteiger partial charge < -0.3 is 4.74 Å². The number of amides is 1. The van der Waals surface area contributed by atoms with Gasteiger partial charge in [0.2, 0.25) is 0 Å². The van der Waals surface area contributed by atoms with Crippen LogP contribution in [0.1, 0.15) is 29.1 Å². The second kappa shape index (κ2) is 7.38. The number of hydrogen-bond acceptors (Lipinski definition) is 4. The molecule has 0 aliphatic carbocycles. The molecule has 1 N–H and O–H groups in total. The zero-order valence-electron chi connectivity index (χ0n) is 11.7. The van der Waals surface area contributed by atoms with E-state index in [-0.39, 0.29) is 12.0 Å². The molecular formula is C15H15BrN2O2S. The van der Waals surface area contributed by atoms with Gasteiger partial charge in [0.15, 0.2) is 0 Å². The Labute approximate surface area is 136 Å². The van der Waals surface area contributed by atoms with Crippen LogP contribution >= 0.6 is 27.3 Å². The molecule has 1 aromatic heterocycles. The van der Waals surface area contributed by atoms with Gasteiger partial charge in [-0.05, 0) is 66.2 Å². The van der Waals surface area contributed by atoms with Gasteiger partial charge in [-0.2, -0.15) is 5.10 Å². The third-order valence-corrected chi connectivity index (χ3v) is 4.00. The van der Waals surface area contributed by atoms with Crippen molar-refractivity contribution in [2.75, 3.05) is 0 Å². The number of nitrogens with one attached hydrogen (secondary N) is 1. The highest BCUT2D eigenvalue weighted by molar-refractivity contribution is 9.11. The molecule has 0 saturated heterocycles. The van der Waals surface area contributed by atoms with Gasteiger partial charge in [-0.1, -0.05) is 0 Å². The normalized spacial score (nSPS) is 11.0. The topological polar surface area (TPSA) is 50.7 Å². The molecule has 1 amide bonds. The third-order valence-electron chi connectivity index (χ3n) is 2.44. The van der Waals surface area contributed by atoms with Crippen molar-refractivity contribution < 1.29 is 9.53 Å². The fourth-order valence-corrected chi connectivity index (χ4v) is 2.87. The predicted octanol–water partition coefficient (Wildman–Crippen LogP) is 4.06. The Bertz CT molecular complexity index is 635. The molecule has 2 aromatic rings. The zero-order chi connectivity index (χ0) is 15.2. The van der Waals surface area contributed by atoms with E-state index in [1.165, 1.54) is 0 Å². The summed E-state index contributed by atoms with van der Waals surface area (Å²) in [6.45, 7) is 3.91. The SMILES string of the molecule is CC(C)Oc1ccc(C(=O)N/N=C\c2ccc(Br)s2)cc1. The van der Waals surface area contributed by atoms with Crippen LogP contribution in [-0.4, -0.2) is 18.2 Å². The molecule has 0 aliphatic rings. The van der Waals surface area contributed by atoms with Gasteiger partial charge in [0, 0.05) is 10.4 Å². The van der Waals surface area contributed by atoms with Gasteiger partial charge in [-0.15, -0.1) is 11.3 Å². The Morgan fingerprint density at radius 1 is 1.29 bits per heavy atom. The van der Waals surface area contributed by atoms with E-state index < -0.39 is 0 Å². The lowest BCUT2D eigenvalue weighted by atomic mass is 10.2. The second-order valence-electron chi connectivity index (χ2n) is 4.53. The van der Waals surface area contributed by atoms with Crippen LogP contribution in [-0.2, 0) is 0 Å². The highest BCUT2D eigenvalue weighted by atomic mass is 79.9. The number of halogens is 1. The number of benzene rings is 1. The van der Waals surface area contributed by atoms with Crippen LogP contribution in [0.3, 0.4) is 0 Å².